The second-order valence-corrected chi connectivity index (χ2v) is 5.97. The molecule has 2 aromatic carbocycles. The third-order valence-electron chi connectivity index (χ3n) is 4.30. The number of amides is 1. The molecular weight excluding hydrogens is 309 g/mol. The Morgan fingerprint density at radius 3 is 2.67 bits per heavy atom. The molecule has 0 radical (unpaired) electrons. The van der Waals surface area contributed by atoms with E-state index in [1.165, 1.54) is 18.2 Å². The molecular formula is C19H18FNO3. The number of Topliss-reactive ketones (excluding diaryl/α,β-unsaturated/α-hetero) is 1. The highest BCUT2D eigenvalue weighted by Crippen LogP contribution is 2.30. The number of benzene rings is 2. The molecule has 2 aromatic rings. The number of phenols is 1. The van der Waals surface area contributed by atoms with Gasteiger partial charge in [0.2, 0.25) is 5.91 Å². The van der Waals surface area contributed by atoms with E-state index in [0.717, 1.165) is 5.56 Å². The van der Waals surface area contributed by atoms with Crippen LogP contribution in [-0.2, 0) is 16.0 Å². The van der Waals surface area contributed by atoms with Crippen molar-refractivity contribution in [2.75, 3.05) is 6.54 Å². The summed E-state index contributed by atoms with van der Waals surface area (Å²) in [5.74, 6) is -1.18. The number of carbonyl (C=O) groups is 2. The number of phenolic OH excluding ortho intramolecular Hbond substituents is 1. The van der Waals surface area contributed by atoms with Gasteiger partial charge in [-0.05, 0) is 23.3 Å². The summed E-state index contributed by atoms with van der Waals surface area (Å²) in [6.07, 6.45) is 0.688. The monoisotopic (exact) mass is 327 g/mol. The predicted octanol–water partition coefficient (Wildman–Crippen LogP) is 3.01. The van der Waals surface area contributed by atoms with Gasteiger partial charge in [0.1, 0.15) is 5.78 Å². The summed E-state index contributed by atoms with van der Waals surface area (Å²) in [6, 6.07) is 13.1. The lowest BCUT2D eigenvalue weighted by molar-refractivity contribution is -0.137. The van der Waals surface area contributed by atoms with Gasteiger partial charge in [0.25, 0.3) is 0 Å². The molecule has 1 unspecified atom stereocenters. The average molecular weight is 327 g/mol. The fourth-order valence-electron chi connectivity index (χ4n) is 3.04. The van der Waals surface area contributed by atoms with Gasteiger partial charge < -0.3 is 10.0 Å². The predicted molar refractivity (Wildman–Crippen MR) is 86.9 cm³/mol. The van der Waals surface area contributed by atoms with Crippen LogP contribution in [0, 0.1) is 5.82 Å². The number of hydrogen-bond donors (Lipinski definition) is 1. The highest BCUT2D eigenvalue weighted by molar-refractivity contribution is 5.85. The van der Waals surface area contributed by atoms with E-state index < -0.39 is 11.6 Å². The minimum Gasteiger partial charge on any atom is -0.505 e. The first-order chi connectivity index (χ1) is 11.5. The van der Waals surface area contributed by atoms with Crippen LogP contribution in [0.4, 0.5) is 4.39 Å². The Balaban J connectivity index is 1.80. The Hall–Kier alpha value is -2.69. The van der Waals surface area contributed by atoms with Gasteiger partial charge in [0.05, 0.1) is 12.5 Å². The summed E-state index contributed by atoms with van der Waals surface area (Å²) in [6.45, 7) is 0.373. The lowest BCUT2D eigenvalue weighted by Crippen LogP contribution is -2.42. The van der Waals surface area contributed by atoms with Crippen LogP contribution in [-0.4, -0.2) is 28.2 Å². The Labute approximate surface area is 139 Å². The third kappa shape index (κ3) is 3.45. The maximum absolute atomic E-state index is 13.4. The summed E-state index contributed by atoms with van der Waals surface area (Å²) in [7, 11) is 0. The van der Waals surface area contributed by atoms with E-state index in [2.05, 4.69) is 0 Å². The van der Waals surface area contributed by atoms with Crippen molar-refractivity contribution in [2.24, 2.45) is 0 Å². The molecule has 1 aliphatic heterocycles. The maximum atomic E-state index is 13.4. The first-order valence-electron chi connectivity index (χ1n) is 7.88. The number of piperidine rings is 1. The van der Waals surface area contributed by atoms with Crippen molar-refractivity contribution in [3.63, 3.8) is 0 Å². The third-order valence-corrected chi connectivity index (χ3v) is 4.30. The van der Waals surface area contributed by atoms with E-state index in [1.54, 1.807) is 4.90 Å². The lowest BCUT2D eigenvalue weighted by Gasteiger charge is -2.35. The molecule has 5 heteroatoms. The molecule has 1 atom stereocenters. The van der Waals surface area contributed by atoms with E-state index in [1.807, 2.05) is 30.3 Å². The number of carbonyl (C=O) groups excluding carboxylic acids is 2. The molecule has 24 heavy (non-hydrogen) atoms. The van der Waals surface area contributed by atoms with E-state index in [0.29, 0.717) is 24.9 Å². The fraction of sp³-hybridized carbons (Fsp3) is 0.263. The first kappa shape index (κ1) is 16.2. The Kier molecular flexibility index (Phi) is 4.60. The van der Waals surface area contributed by atoms with Gasteiger partial charge in [-0.3, -0.25) is 9.59 Å². The smallest absolute Gasteiger partial charge is 0.227 e. The standard InChI is InChI=1S/C19H18FNO3/c20-16-10-13(6-7-18(16)23)11-19(24)21-9-8-15(22)12-17(21)14-4-2-1-3-5-14/h1-7,10,17,23H,8-9,11-12H2. The summed E-state index contributed by atoms with van der Waals surface area (Å²) < 4.78 is 13.4. The van der Waals surface area contributed by atoms with Crippen molar-refractivity contribution in [3.05, 3.63) is 65.5 Å². The summed E-state index contributed by atoms with van der Waals surface area (Å²) in [4.78, 5) is 26.2. The van der Waals surface area contributed by atoms with Crippen LogP contribution < -0.4 is 0 Å². The van der Waals surface area contributed by atoms with Crippen LogP contribution in [0.2, 0.25) is 0 Å². The molecule has 0 aliphatic carbocycles. The van der Waals surface area contributed by atoms with Crippen LogP contribution in [0.15, 0.2) is 48.5 Å². The van der Waals surface area contributed by atoms with Gasteiger partial charge in [-0.1, -0.05) is 36.4 Å². The van der Waals surface area contributed by atoms with Gasteiger partial charge in [0, 0.05) is 19.4 Å². The van der Waals surface area contributed by atoms with Gasteiger partial charge in [-0.25, -0.2) is 4.39 Å². The number of likely N-dealkylation sites (tertiary alicyclic amines) is 1. The highest BCUT2D eigenvalue weighted by Gasteiger charge is 2.31. The van der Waals surface area contributed by atoms with Gasteiger partial charge >= 0.3 is 0 Å². The van der Waals surface area contributed by atoms with Crippen molar-refractivity contribution < 1.29 is 19.1 Å². The second kappa shape index (κ2) is 6.83. The number of ketones is 1. The molecule has 1 saturated heterocycles. The summed E-state index contributed by atoms with van der Waals surface area (Å²) >= 11 is 0. The number of rotatable bonds is 3. The number of halogens is 1. The molecule has 1 amide bonds. The van der Waals surface area contributed by atoms with Crippen molar-refractivity contribution in [2.45, 2.75) is 25.3 Å². The van der Waals surface area contributed by atoms with Gasteiger partial charge in [-0.2, -0.15) is 0 Å². The minimum absolute atomic E-state index is 0.0364. The van der Waals surface area contributed by atoms with Gasteiger partial charge in [-0.15, -0.1) is 0 Å². The van der Waals surface area contributed by atoms with Crippen LogP contribution in [0.25, 0.3) is 0 Å². The molecule has 0 aromatic heterocycles. The zero-order valence-electron chi connectivity index (χ0n) is 13.1. The largest absolute Gasteiger partial charge is 0.505 e. The second-order valence-electron chi connectivity index (χ2n) is 5.97. The van der Waals surface area contributed by atoms with E-state index in [9.17, 15) is 19.1 Å². The SMILES string of the molecule is O=C1CCN(C(=O)Cc2ccc(O)c(F)c2)C(c2ccccc2)C1. The van der Waals surface area contributed by atoms with Crippen LogP contribution in [0.3, 0.4) is 0 Å². The fourth-order valence-corrected chi connectivity index (χ4v) is 3.04. The van der Waals surface area contributed by atoms with Crippen molar-refractivity contribution in [1.82, 2.24) is 4.90 Å². The highest BCUT2D eigenvalue weighted by atomic mass is 19.1. The van der Waals surface area contributed by atoms with Crippen molar-refractivity contribution in [3.8, 4) is 5.75 Å². The van der Waals surface area contributed by atoms with Crippen LogP contribution in [0.5, 0.6) is 5.75 Å². The lowest BCUT2D eigenvalue weighted by atomic mass is 9.93. The Morgan fingerprint density at radius 1 is 1.21 bits per heavy atom. The zero-order valence-corrected chi connectivity index (χ0v) is 13.1. The molecule has 1 heterocycles. The molecule has 4 nitrogen and oxygen atoms in total. The normalized spacial score (nSPS) is 17.8. The van der Waals surface area contributed by atoms with Crippen molar-refractivity contribution in [1.29, 1.82) is 0 Å². The molecule has 124 valence electrons. The molecule has 0 bridgehead atoms. The number of hydrogen-bond acceptors (Lipinski definition) is 3. The molecule has 1 aliphatic rings. The molecule has 0 saturated carbocycles. The average Bonchev–Trinajstić information content (AvgIpc) is 2.59. The van der Waals surface area contributed by atoms with E-state index >= 15 is 0 Å². The van der Waals surface area contributed by atoms with Crippen LogP contribution in [0.1, 0.15) is 30.0 Å². The Morgan fingerprint density at radius 2 is 1.96 bits per heavy atom. The van der Waals surface area contributed by atoms with E-state index in [4.69, 9.17) is 0 Å². The zero-order chi connectivity index (χ0) is 17.1. The maximum Gasteiger partial charge on any atom is 0.227 e. The van der Waals surface area contributed by atoms with Gasteiger partial charge in [0.15, 0.2) is 11.6 Å². The molecule has 3 rings (SSSR count). The quantitative estimate of drug-likeness (QED) is 0.943. The molecule has 0 spiro atoms. The van der Waals surface area contributed by atoms with E-state index in [-0.39, 0.29) is 24.2 Å². The summed E-state index contributed by atoms with van der Waals surface area (Å²) in [5.41, 5.74) is 1.43. The first-order valence-corrected chi connectivity index (χ1v) is 7.88. The number of nitrogens with zero attached hydrogens (tertiary/aromatic N) is 1. The topological polar surface area (TPSA) is 57.6 Å². The minimum atomic E-state index is -0.742. The van der Waals surface area contributed by atoms with Crippen molar-refractivity contribution >= 4 is 11.7 Å². The van der Waals surface area contributed by atoms with Crippen LogP contribution >= 0.6 is 0 Å². The summed E-state index contributed by atoms with van der Waals surface area (Å²) in [5, 5.41) is 9.24. The molecule has 1 fully saturated rings. The number of aromatic hydroxyl groups is 1. The Bertz CT molecular complexity index is 760. The molecule has 1 N–H and O–H groups in total.